The summed E-state index contributed by atoms with van der Waals surface area (Å²) in [5, 5.41) is 2.67. The number of rotatable bonds is 3. The quantitative estimate of drug-likeness (QED) is 0.774. The zero-order valence-corrected chi connectivity index (χ0v) is 17.8. The van der Waals surface area contributed by atoms with Crippen LogP contribution in [0, 0.1) is 5.92 Å². The van der Waals surface area contributed by atoms with E-state index in [1.165, 1.54) is 16.4 Å². The molecule has 1 atom stereocenters. The number of sulfonamides is 1. The van der Waals surface area contributed by atoms with Crippen LogP contribution < -0.4 is 10.1 Å². The minimum Gasteiger partial charge on any atom is -0.479 e. The summed E-state index contributed by atoms with van der Waals surface area (Å²) < 4.78 is 33.2. The lowest BCUT2D eigenvalue weighted by Gasteiger charge is -2.35. The van der Waals surface area contributed by atoms with Crippen LogP contribution in [0.25, 0.3) is 0 Å². The molecule has 1 N–H and O–H groups in total. The van der Waals surface area contributed by atoms with Crippen LogP contribution in [-0.2, 0) is 19.6 Å². The van der Waals surface area contributed by atoms with Crippen molar-refractivity contribution in [2.24, 2.45) is 5.92 Å². The van der Waals surface area contributed by atoms with Crippen LogP contribution in [0.4, 0.5) is 5.69 Å². The van der Waals surface area contributed by atoms with E-state index in [4.69, 9.17) is 16.3 Å². The molecule has 2 heterocycles. The van der Waals surface area contributed by atoms with E-state index in [9.17, 15) is 18.0 Å². The second-order valence-corrected chi connectivity index (χ2v) is 10.1. The number of amides is 2. The summed E-state index contributed by atoms with van der Waals surface area (Å²) in [6.45, 7) is 2.79. The standard InChI is InChI=1S/C19H24ClN3O5S/c1-12-18(24)21-15-10-14(20)17(11-16(15)28-12)29(26,27)23-8-6-22(7-9-23)19(25)13-4-2-3-5-13/h10-13H,2-9H2,1H3,(H,21,24). The zero-order chi connectivity index (χ0) is 20.8. The van der Waals surface area contributed by atoms with Gasteiger partial charge in [-0.1, -0.05) is 24.4 Å². The van der Waals surface area contributed by atoms with E-state index in [-0.39, 0.29) is 46.5 Å². The number of benzene rings is 1. The fourth-order valence-corrected chi connectivity index (χ4v) is 6.06. The predicted octanol–water partition coefficient (Wildman–Crippen LogP) is 2.08. The van der Waals surface area contributed by atoms with Crippen LogP contribution in [0.5, 0.6) is 5.75 Å². The molecule has 1 aromatic carbocycles. The Morgan fingerprint density at radius 3 is 2.48 bits per heavy atom. The normalized spacial score (nSPS) is 23.4. The first kappa shape index (κ1) is 20.4. The average Bonchev–Trinajstić information content (AvgIpc) is 3.23. The Kier molecular flexibility index (Phi) is 5.48. The molecule has 2 aliphatic heterocycles. The number of fused-ring (bicyclic) bond motifs is 1. The van der Waals surface area contributed by atoms with Gasteiger partial charge < -0.3 is 15.0 Å². The van der Waals surface area contributed by atoms with Crippen molar-refractivity contribution in [3.05, 3.63) is 17.2 Å². The third kappa shape index (κ3) is 3.83. The van der Waals surface area contributed by atoms with E-state index in [1.54, 1.807) is 11.8 Å². The summed E-state index contributed by atoms with van der Waals surface area (Å²) in [6.07, 6.45) is 3.31. The molecule has 29 heavy (non-hydrogen) atoms. The van der Waals surface area contributed by atoms with Crippen molar-refractivity contribution in [1.29, 1.82) is 0 Å². The van der Waals surface area contributed by atoms with Gasteiger partial charge in [-0.25, -0.2) is 8.42 Å². The van der Waals surface area contributed by atoms with Crippen LogP contribution in [0.3, 0.4) is 0 Å². The molecule has 2 amide bonds. The Morgan fingerprint density at radius 2 is 1.83 bits per heavy atom. The van der Waals surface area contributed by atoms with Gasteiger partial charge in [0.25, 0.3) is 5.91 Å². The largest absolute Gasteiger partial charge is 0.479 e. The fourth-order valence-electron chi connectivity index (χ4n) is 4.12. The molecule has 4 rings (SSSR count). The van der Waals surface area contributed by atoms with Crippen molar-refractivity contribution in [3.63, 3.8) is 0 Å². The van der Waals surface area contributed by atoms with Gasteiger partial charge in [-0.3, -0.25) is 9.59 Å². The van der Waals surface area contributed by atoms with Crippen molar-refractivity contribution < 1.29 is 22.7 Å². The topological polar surface area (TPSA) is 96.0 Å². The Balaban J connectivity index is 1.50. The summed E-state index contributed by atoms with van der Waals surface area (Å²) in [7, 11) is -3.85. The molecule has 1 saturated heterocycles. The smallest absolute Gasteiger partial charge is 0.265 e. The van der Waals surface area contributed by atoms with Crippen molar-refractivity contribution >= 4 is 39.1 Å². The van der Waals surface area contributed by atoms with Crippen molar-refractivity contribution in [1.82, 2.24) is 9.21 Å². The van der Waals surface area contributed by atoms with Crippen LogP contribution in [0.2, 0.25) is 5.02 Å². The molecule has 3 aliphatic rings. The summed E-state index contributed by atoms with van der Waals surface area (Å²) in [5.41, 5.74) is 0.351. The average molecular weight is 442 g/mol. The molecule has 1 aliphatic carbocycles. The Hall–Kier alpha value is -1.84. The lowest BCUT2D eigenvalue weighted by molar-refractivity contribution is -0.136. The van der Waals surface area contributed by atoms with Crippen LogP contribution in [0.1, 0.15) is 32.6 Å². The first-order chi connectivity index (χ1) is 13.8. The number of halogens is 1. The van der Waals surface area contributed by atoms with Crippen LogP contribution >= 0.6 is 11.6 Å². The monoisotopic (exact) mass is 441 g/mol. The molecule has 0 bridgehead atoms. The molecule has 10 heteroatoms. The number of hydrogen-bond acceptors (Lipinski definition) is 5. The van der Waals surface area contributed by atoms with E-state index in [0.717, 1.165) is 25.7 Å². The number of nitrogens with one attached hydrogen (secondary N) is 1. The van der Waals surface area contributed by atoms with E-state index in [0.29, 0.717) is 18.8 Å². The highest BCUT2D eigenvalue weighted by molar-refractivity contribution is 7.89. The van der Waals surface area contributed by atoms with Gasteiger partial charge in [0.2, 0.25) is 15.9 Å². The highest BCUT2D eigenvalue weighted by Gasteiger charge is 2.35. The molecule has 0 aromatic heterocycles. The molecule has 2 fully saturated rings. The van der Waals surface area contributed by atoms with Gasteiger partial charge in [0.05, 0.1) is 10.7 Å². The first-order valence-corrected chi connectivity index (χ1v) is 11.7. The van der Waals surface area contributed by atoms with Crippen molar-refractivity contribution in [2.75, 3.05) is 31.5 Å². The highest BCUT2D eigenvalue weighted by Crippen LogP contribution is 2.38. The van der Waals surface area contributed by atoms with Crippen molar-refractivity contribution in [3.8, 4) is 5.75 Å². The maximum atomic E-state index is 13.2. The van der Waals surface area contributed by atoms with E-state index in [2.05, 4.69) is 5.32 Å². The van der Waals surface area contributed by atoms with E-state index < -0.39 is 16.1 Å². The minimum absolute atomic E-state index is 0.0201. The van der Waals surface area contributed by atoms with Gasteiger partial charge in [0.1, 0.15) is 10.6 Å². The fraction of sp³-hybridized carbons (Fsp3) is 0.579. The van der Waals surface area contributed by atoms with Gasteiger partial charge >= 0.3 is 0 Å². The molecule has 0 spiro atoms. The van der Waals surface area contributed by atoms with E-state index in [1.807, 2.05) is 0 Å². The van der Waals surface area contributed by atoms with Crippen LogP contribution in [0.15, 0.2) is 17.0 Å². The Morgan fingerprint density at radius 1 is 1.17 bits per heavy atom. The van der Waals surface area contributed by atoms with Gasteiger partial charge in [-0.15, -0.1) is 0 Å². The van der Waals surface area contributed by atoms with Gasteiger partial charge in [0.15, 0.2) is 6.10 Å². The molecular weight excluding hydrogens is 418 g/mol. The first-order valence-electron chi connectivity index (χ1n) is 9.87. The Bertz CT molecular complexity index is 937. The third-order valence-corrected chi connectivity index (χ3v) is 8.20. The van der Waals surface area contributed by atoms with Crippen LogP contribution in [-0.4, -0.2) is 61.7 Å². The lowest BCUT2D eigenvalue weighted by Crippen LogP contribution is -2.51. The number of hydrogen-bond donors (Lipinski definition) is 1. The molecule has 1 unspecified atom stereocenters. The molecular formula is C19H24ClN3O5S. The third-order valence-electron chi connectivity index (χ3n) is 5.84. The number of carbonyl (C=O) groups is 2. The van der Waals surface area contributed by atoms with Gasteiger partial charge in [-0.2, -0.15) is 4.31 Å². The second kappa shape index (κ2) is 7.77. The summed E-state index contributed by atoms with van der Waals surface area (Å²) >= 11 is 6.24. The molecule has 1 saturated carbocycles. The molecule has 1 aromatic rings. The maximum Gasteiger partial charge on any atom is 0.265 e. The number of carbonyl (C=O) groups excluding carboxylic acids is 2. The Labute approximate surface area is 175 Å². The zero-order valence-electron chi connectivity index (χ0n) is 16.2. The number of nitrogens with zero attached hydrogens (tertiary/aromatic N) is 2. The molecule has 8 nitrogen and oxygen atoms in total. The van der Waals surface area contributed by atoms with Gasteiger partial charge in [-0.05, 0) is 25.8 Å². The molecule has 158 valence electrons. The maximum absolute atomic E-state index is 13.2. The predicted molar refractivity (Wildman–Crippen MR) is 107 cm³/mol. The number of ether oxygens (including phenoxy) is 1. The van der Waals surface area contributed by atoms with Gasteiger partial charge in [0, 0.05) is 38.2 Å². The lowest BCUT2D eigenvalue weighted by atomic mass is 10.1. The summed E-state index contributed by atoms with van der Waals surface area (Å²) in [6, 6.07) is 2.76. The highest BCUT2D eigenvalue weighted by atomic mass is 35.5. The minimum atomic E-state index is -3.85. The SMILES string of the molecule is CC1Oc2cc(S(=O)(=O)N3CCN(C(=O)C4CCCC4)CC3)c(Cl)cc2NC1=O. The van der Waals surface area contributed by atoms with Crippen molar-refractivity contribution in [2.45, 2.75) is 43.6 Å². The summed E-state index contributed by atoms with van der Waals surface area (Å²) in [5.74, 6) is 0.189. The van der Waals surface area contributed by atoms with E-state index >= 15 is 0 Å². The summed E-state index contributed by atoms with van der Waals surface area (Å²) in [4.78, 5) is 26.0. The number of piperazine rings is 1. The molecule has 0 radical (unpaired) electrons. The second-order valence-electron chi connectivity index (χ2n) is 7.74. The number of anilines is 1.